The first-order chi connectivity index (χ1) is 12.3. The van der Waals surface area contributed by atoms with E-state index >= 15 is 0 Å². The van der Waals surface area contributed by atoms with Crippen LogP contribution in [0.5, 0.6) is 0 Å². The van der Waals surface area contributed by atoms with E-state index < -0.39 is 9.84 Å². The van der Waals surface area contributed by atoms with Crippen LogP contribution in [0.15, 0.2) is 29.3 Å². The van der Waals surface area contributed by atoms with Gasteiger partial charge in [-0.2, -0.15) is 4.99 Å². The lowest BCUT2D eigenvalue weighted by Crippen LogP contribution is -2.37. The highest BCUT2D eigenvalue weighted by atomic mass is 32.2. The van der Waals surface area contributed by atoms with E-state index in [1.165, 1.54) is 23.9 Å². The molecule has 0 N–H and O–H groups in total. The maximum Gasteiger partial charge on any atom is 0.251 e. The summed E-state index contributed by atoms with van der Waals surface area (Å²) < 4.78 is 37.2. The van der Waals surface area contributed by atoms with Crippen molar-refractivity contribution in [2.24, 2.45) is 10.9 Å². The standard InChI is InChI=1S/C18H23FN2O3S2/c1-3-13(4-2)17(22)20-18-21(9-12-5-7-14(19)8-6-12)15-10-26(23,24)11-16(15)25-18/h5-8,13,15-16H,3-4,9-11H2,1-2H3/t15-,16+/m1/s1. The zero-order chi connectivity index (χ0) is 18.9. The molecule has 0 aliphatic carbocycles. The molecule has 0 bridgehead atoms. The summed E-state index contributed by atoms with van der Waals surface area (Å²) >= 11 is 1.38. The lowest BCUT2D eigenvalue weighted by Gasteiger charge is -2.24. The highest BCUT2D eigenvalue weighted by Gasteiger charge is 2.48. The molecule has 3 rings (SSSR count). The summed E-state index contributed by atoms with van der Waals surface area (Å²) in [6.07, 6.45) is 1.46. The van der Waals surface area contributed by atoms with Gasteiger partial charge < -0.3 is 4.90 Å². The van der Waals surface area contributed by atoms with Crippen LogP contribution in [0.4, 0.5) is 4.39 Å². The first-order valence-electron chi connectivity index (χ1n) is 8.83. The van der Waals surface area contributed by atoms with Crippen LogP contribution >= 0.6 is 11.8 Å². The Balaban J connectivity index is 1.88. The quantitative estimate of drug-likeness (QED) is 0.763. The van der Waals surface area contributed by atoms with Crippen LogP contribution < -0.4 is 0 Å². The lowest BCUT2D eigenvalue weighted by atomic mass is 10.0. The summed E-state index contributed by atoms with van der Waals surface area (Å²) in [5.41, 5.74) is 0.861. The number of sulfone groups is 1. The van der Waals surface area contributed by atoms with E-state index in [9.17, 15) is 17.6 Å². The molecule has 1 aromatic carbocycles. The molecule has 2 saturated heterocycles. The number of nitrogens with zero attached hydrogens (tertiary/aromatic N) is 2. The number of fused-ring (bicyclic) bond motifs is 1. The van der Waals surface area contributed by atoms with Crippen molar-refractivity contribution >= 4 is 32.7 Å². The molecule has 0 saturated carbocycles. The number of carbonyl (C=O) groups is 1. The third-order valence-corrected chi connectivity index (χ3v) is 8.23. The molecule has 5 nitrogen and oxygen atoms in total. The van der Waals surface area contributed by atoms with Gasteiger partial charge in [-0.3, -0.25) is 4.79 Å². The van der Waals surface area contributed by atoms with Crippen molar-refractivity contribution in [3.8, 4) is 0 Å². The van der Waals surface area contributed by atoms with Crippen molar-refractivity contribution in [1.82, 2.24) is 4.90 Å². The fourth-order valence-corrected chi connectivity index (χ4v) is 7.39. The number of amidine groups is 1. The number of aliphatic imine (C=N–C) groups is 1. The molecular formula is C18H23FN2O3S2. The Kier molecular flexibility index (Phi) is 5.72. The molecule has 0 unspecified atom stereocenters. The second-order valence-corrected chi connectivity index (χ2v) is 10.2. The van der Waals surface area contributed by atoms with Gasteiger partial charge in [-0.1, -0.05) is 37.7 Å². The van der Waals surface area contributed by atoms with Crippen LogP contribution in [0.1, 0.15) is 32.3 Å². The molecule has 0 radical (unpaired) electrons. The molecule has 2 aliphatic rings. The smallest absolute Gasteiger partial charge is 0.251 e. The number of hydrogen-bond acceptors (Lipinski definition) is 4. The zero-order valence-electron chi connectivity index (χ0n) is 14.9. The van der Waals surface area contributed by atoms with Crippen molar-refractivity contribution in [1.29, 1.82) is 0 Å². The Morgan fingerprint density at radius 2 is 1.92 bits per heavy atom. The minimum atomic E-state index is -3.08. The van der Waals surface area contributed by atoms with Crippen LogP contribution in [0.2, 0.25) is 0 Å². The fourth-order valence-electron chi connectivity index (χ4n) is 3.43. The van der Waals surface area contributed by atoms with E-state index in [1.807, 2.05) is 18.7 Å². The molecular weight excluding hydrogens is 375 g/mol. The van der Waals surface area contributed by atoms with Gasteiger partial charge in [-0.15, -0.1) is 0 Å². The molecule has 2 heterocycles. The first-order valence-corrected chi connectivity index (χ1v) is 11.5. The van der Waals surface area contributed by atoms with Crippen LogP contribution in [0, 0.1) is 11.7 Å². The Hall–Kier alpha value is -1.41. The second kappa shape index (κ2) is 7.68. The Labute approximate surface area is 158 Å². The van der Waals surface area contributed by atoms with E-state index in [0.717, 1.165) is 18.4 Å². The van der Waals surface area contributed by atoms with Gasteiger partial charge in [0, 0.05) is 17.7 Å². The number of thioether (sulfide) groups is 1. The number of rotatable bonds is 5. The average Bonchev–Trinajstić information content (AvgIpc) is 3.03. The van der Waals surface area contributed by atoms with Gasteiger partial charge in [-0.25, -0.2) is 12.8 Å². The second-order valence-electron chi connectivity index (χ2n) is 6.80. The average molecular weight is 399 g/mol. The normalized spacial score (nSPS) is 25.8. The summed E-state index contributed by atoms with van der Waals surface area (Å²) in [4.78, 5) is 18.7. The SMILES string of the molecule is CCC(CC)C(=O)N=C1S[C@H]2CS(=O)(=O)C[C@H]2N1Cc1ccc(F)cc1. The summed E-state index contributed by atoms with van der Waals surface area (Å²) in [5, 5.41) is 0.491. The molecule has 0 spiro atoms. The van der Waals surface area contributed by atoms with E-state index in [4.69, 9.17) is 0 Å². The van der Waals surface area contributed by atoms with Crippen LogP contribution in [-0.2, 0) is 21.2 Å². The van der Waals surface area contributed by atoms with E-state index in [0.29, 0.717) is 11.7 Å². The minimum absolute atomic E-state index is 0.0735. The van der Waals surface area contributed by atoms with Crippen LogP contribution in [0.25, 0.3) is 0 Å². The Morgan fingerprint density at radius 1 is 1.27 bits per heavy atom. The molecule has 1 aromatic rings. The highest BCUT2D eigenvalue weighted by Crippen LogP contribution is 2.39. The highest BCUT2D eigenvalue weighted by molar-refractivity contribution is 8.15. The molecule has 26 heavy (non-hydrogen) atoms. The first kappa shape index (κ1) is 19.4. The molecule has 0 aromatic heterocycles. The van der Waals surface area contributed by atoms with Gasteiger partial charge in [0.2, 0.25) is 0 Å². The Bertz CT molecular complexity index is 804. The predicted octanol–water partition coefficient (Wildman–Crippen LogP) is 2.86. The van der Waals surface area contributed by atoms with Crippen molar-refractivity contribution in [2.45, 2.75) is 44.5 Å². The van der Waals surface area contributed by atoms with Gasteiger partial charge in [-0.05, 0) is 30.5 Å². The van der Waals surface area contributed by atoms with E-state index in [2.05, 4.69) is 4.99 Å². The summed E-state index contributed by atoms with van der Waals surface area (Å²) in [7, 11) is -3.08. The van der Waals surface area contributed by atoms with Gasteiger partial charge in [0.1, 0.15) is 5.82 Å². The molecule has 142 valence electrons. The van der Waals surface area contributed by atoms with Crippen LogP contribution in [0.3, 0.4) is 0 Å². The number of carbonyl (C=O) groups excluding carboxylic acids is 1. The van der Waals surface area contributed by atoms with Crippen molar-refractivity contribution in [2.75, 3.05) is 11.5 Å². The Morgan fingerprint density at radius 3 is 2.54 bits per heavy atom. The predicted molar refractivity (Wildman–Crippen MR) is 102 cm³/mol. The topological polar surface area (TPSA) is 66.8 Å². The lowest BCUT2D eigenvalue weighted by molar-refractivity contribution is -0.121. The maximum absolute atomic E-state index is 13.2. The monoisotopic (exact) mass is 398 g/mol. The van der Waals surface area contributed by atoms with Gasteiger partial charge in [0.05, 0.1) is 17.5 Å². The third-order valence-electron chi connectivity index (χ3n) is 4.98. The van der Waals surface area contributed by atoms with Gasteiger partial charge >= 0.3 is 0 Å². The number of hydrogen-bond donors (Lipinski definition) is 0. The van der Waals surface area contributed by atoms with Gasteiger partial charge in [0.15, 0.2) is 15.0 Å². The fraction of sp³-hybridized carbons (Fsp3) is 0.556. The molecule has 2 fully saturated rings. The van der Waals surface area contributed by atoms with Crippen LogP contribution in [-0.4, -0.2) is 47.2 Å². The van der Waals surface area contributed by atoms with E-state index in [1.54, 1.807) is 12.1 Å². The number of halogens is 1. The van der Waals surface area contributed by atoms with E-state index in [-0.39, 0.29) is 40.4 Å². The number of amides is 1. The molecule has 1 amide bonds. The van der Waals surface area contributed by atoms with Crippen molar-refractivity contribution in [3.63, 3.8) is 0 Å². The zero-order valence-corrected chi connectivity index (χ0v) is 16.5. The number of benzene rings is 1. The minimum Gasteiger partial charge on any atom is -0.342 e. The largest absolute Gasteiger partial charge is 0.342 e. The summed E-state index contributed by atoms with van der Waals surface area (Å²) in [6, 6.07) is 5.93. The van der Waals surface area contributed by atoms with Crippen molar-refractivity contribution < 1.29 is 17.6 Å². The molecule has 2 aliphatic heterocycles. The molecule has 8 heteroatoms. The molecule has 2 atom stereocenters. The van der Waals surface area contributed by atoms with Gasteiger partial charge in [0.25, 0.3) is 5.91 Å². The maximum atomic E-state index is 13.2. The third kappa shape index (κ3) is 4.11. The summed E-state index contributed by atoms with van der Waals surface area (Å²) in [5.74, 6) is -0.391. The van der Waals surface area contributed by atoms with Crippen molar-refractivity contribution in [3.05, 3.63) is 35.6 Å². The summed E-state index contributed by atoms with van der Waals surface area (Å²) in [6.45, 7) is 4.34.